The van der Waals surface area contributed by atoms with Gasteiger partial charge in [-0.2, -0.15) is 0 Å². The summed E-state index contributed by atoms with van der Waals surface area (Å²) in [4.78, 5) is 18.1. The Kier molecular flexibility index (Phi) is 3.70. The molecule has 7 heteroatoms. The number of benzene rings is 1. The topological polar surface area (TPSA) is 60.9 Å². The van der Waals surface area contributed by atoms with Gasteiger partial charge in [0.1, 0.15) is 16.2 Å². The number of aromatic nitrogens is 3. The third-order valence-electron chi connectivity index (χ3n) is 3.64. The SMILES string of the molecule is Cc1cc(Cn2cnc3cc(-c4ccc(Cl)cc4)sc3c2=O)no1. The fraction of sp³-hybridized carbons (Fsp3) is 0.118. The summed E-state index contributed by atoms with van der Waals surface area (Å²) in [5, 5.41) is 4.61. The van der Waals surface area contributed by atoms with Crippen molar-refractivity contribution in [3.8, 4) is 10.4 Å². The number of hydrogen-bond donors (Lipinski definition) is 0. The Hall–Kier alpha value is -2.44. The van der Waals surface area contributed by atoms with Gasteiger partial charge < -0.3 is 4.52 Å². The number of rotatable bonds is 3. The van der Waals surface area contributed by atoms with Gasteiger partial charge >= 0.3 is 0 Å². The van der Waals surface area contributed by atoms with Crippen LogP contribution in [-0.2, 0) is 6.54 Å². The molecular weight excluding hydrogens is 346 g/mol. The molecule has 0 bridgehead atoms. The Morgan fingerprint density at radius 3 is 2.75 bits per heavy atom. The molecule has 0 unspecified atom stereocenters. The maximum atomic E-state index is 12.7. The highest BCUT2D eigenvalue weighted by Gasteiger charge is 2.12. The van der Waals surface area contributed by atoms with Crippen molar-refractivity contribution >= 4 is 33.2 Å². The maximum Gasteiger partial charge on any atom is 0.271 e. The molecule has 0 saturated carbocycles. The summed E-state index contributed by atoms with van der Waals surface area (Å²) >= 11 is 7.36. The van der Waals surface area contributed by atoms with E-state index in [1.54, 1.807) is 10.9 Å². The van der Waals surface area contributed by atoms with Crippen molar-refractivity contribution < 1.29 is 4.52 Å². The number of hydrogen-bond acceptors (Lipinski definition) is 5. The average Bonchev–Trinajstić information content (AvgIpc) is 3.18. The molecule has 3 aromatic heterocycles. The summed E-state index contributed by atoms with van der Waals surface area (Å²) in [5.74, 6) is 0.716. The molecule has 24 heavy (non-hydrogen) atoms. The van der Waals surface area contributed by atoms with Crippen LogP contribution in [0.1, 0.15) is 11.5 Å². The van der Waals surface area contributed by atoms with Crippen molar-refractivity contribution in [1.82, 2.24) is 14.7 Å². The van der Waals surface area contributed by atoms with Crippen LogP contribution in [0.5, 0.6) is 0 Å². The van der Waals surface area contributed by atoms with Crippen LogP contribution in [0, 0.1) is 6.92 Å². The summed E-state index contributed by atoms with van der Waals surface area (Å²) in [6.07, 6.45) is 1.55. The predicted octanol–water partition coefficient (Wildman–Crippen LogP) is 4.12. The lowest BCUT2D eigenvalue weighted by Crippen LogP contribution is -2.20. The number of thiophene rings is 1. The molecule has 3 heterocycles. The van der Waals surface area contributed by atoms with Crippen molar-refractivity contribution in [2.24, 2.45) is 0 Å². The van der Waals surface area contributed by atoms with Gasteiger partial charge in [-0.05, 0) is 30.7 Å². The van der Waals surface area contributed by atoms with Crippen LogP contribution in [0.2, 0.25) is 5.02 Å². The minimum atomic E-state index is -0.0779. The molecule has 5 nitrogen and oxygen atoms in total. The molecule has 0 aliphatic rings. The van der Waals surface area contributed by atoms with E-state index in [2.05, 4.69) is 10.1 Å². The summed E-state index contributed by atoms with van der Waals surface area (Å²) in [5.41, 5.74) is 2.33. The maximum absolute atomic E-state index is 12.7. The lowest BCUT2D eigenvalue weighted by molar-refractivity contribution is 0.388. The normalized spacial score (nSPS) is 11.2. The molecule has 1 aromatic carbocycles. The van der Waals surface area contributed by atoms with Gasteiger partial charge in [0.15, 0.2) is 0 Å². The molecule has 0 saturated heterocycles. The van der Waals surface area contributed by atoms with Crippen molar-refractivity contribution in [3.63, 3.8) is 0 Å². The van der Waals surface area contributed by atoms with Crippen molar-refractivity contribution in [3.05, 3.63) is 69.6 Å². The molecule has 0 spiro atoms. The van der Waals surface area contributed by atoms with Gasteiger partial charge in [0.25, 0.3) is 5.56 Å². The van der Waals surface area contributed by atoms with Gasteiger partial charge in [-0.3, -0.25) is 9.36 Å². The van der Waals surface area contributed by atoms with Crippen molar-refractivity contribution in [1.29, 1.82) is 0 Å². The van der Waals surface area contributed by atoms with Gasteiger partial charge in [0.05, 0.1) is 18.4 Å². The number of nitrogens with zero attached hydrogens (tertiary/aromatic N) is 3. The van der Waals surface area contributed by atoms with Crippen LogP contribution in [0.25, 0.3) is 20.7 Å². The first-order valence-corrected chi connectivity index (χ1v) is 8.47. The molecule has 120 valence electrons. The highest BCUT2D eigenvalue weighted by atomic mass is 35.5. The van der Waals surface area contributed by atoms with Crippen LogP contribution in [0.3, 0.4) is 0 Å². The second-order valence-electron chi connectivity index (χ2n) is 5.44. The Balaban J connectivity index is 1.76. The van der Waals surface area contributed by atoms with Gasteiger partial charge in [-0.1, -0.05) is 28.9 Å². The van der Waals surface area contributed by atoms with Crippen LogP contribution in [0.4, 0.5) is 0 Å². The van der Waals surface area contributed by atoms with Gasteiger partial charge in [0, 0.05) is 16.0 Å². The first-order valence-electron chi connectivity index (χ1n) is 7.27. The number of aryl methyl sites for hydroxylation is 1. The van der Waals surface area contributed by atoms with E-state index in [-0.39, 0.29) is 5.56 Å². The highest BCUT2D eigenvalue weighted by Crippen LogP contribution is 2.31. The Morgan fingerprint density at radius 1 is 1.25 bits per heavy atom. The van der Waals surface area contributed by atoms with Crippen molar-refractivity contribution in [2.75, 3.05) is 0 Å². The number of fused-ring (bicyclic) bond motifs is 1. The summed E-state index contributed by atoms with van der Waals surface area (Å²) in [6, 6.07) is 11.3. The quantitative estimate of drug-likeness (QED) is 0.553. The Morgan fingerprint density at radius 2 is 2.04 bits per heavy atom. The van der Waals surface area contributed by atoms with E-state index in [9.17, 15) is 4.79 Å². The lowest BCUT2D eigenvalue weighted by Gasteiger charge is -2.01. The molecule has 0 N–H and O–H groups in total. The van der Waals surface area contributed by atoms with E-state index in [1.807, 2.05) is 43.3 Å². The minimum Gasteiger partial charge on any atom is -0.361 e. The molecule has 4 rings (SSSR count). The zero-order valence-corrected chi connectivity index (χ0v) is 14.3. The van der Waals surface area contributed by atoms with E-state index in [1.165, 1.54) is 11.3 Å². The largest absolute Gasteiger partial charge is 0.361 e. The van der Waals surface area contributed by atoms with Crippen molar-refractivity contribution in [2.45, 2.75) is 13.5 Å². The first kappa shape index (κ1) is 15.1. The highest BCUT2D eigenvalue weighted by molar-refractivity contribution is 7.22. The second-order valence-corrected chi connectivity index (χ2v) is 6.93. The lowest BCUT2D eigenvalue weighted by atomic mass is 10.2. The number of halogens is 1. The van der Waals surface area contributed by atoms with E-state index in [0.29, 0.717) is 33.2 Å². The van der Waals surface area contributed by atoms with E-state index in [4.69, 9.17) is 16.1 Å². The third kappa shape index (κ3) is 2.74. The van der Waals surface area contributed by atoms with Crippen LogP contribution >= 0.6 is 22.9 Å². The summed E-state index contributed by atoms with van der Waals surface area (Å²) < 4.78 is 7.21. The molecule has 0 amide bonds. The molecule has 0 aliphatic carbocycles. The Bertz CT molecular complexity index is 1080. The minimum absolute atomic E-state index is 0.0779. The zero-order valence-electron chi connectivity index (χ0n) is 12.7. The fourth-order valence-corrected chi connectivity index (χ4v) is 3.67. The van der Waals surface area contributed by atoms with Crippen LogP contribution in [-0.4, -0.2) is 14.7 Å². The first-order chi connectivity index (χ1) is 11.6. The molecule has 0 atom stereocenters. The third-order valence-corrected chi connectivity index (χ3v) is 5.05. The van der Waals surface area contributed by atoms with Crippen LogP contribution in [0.15, 0.2) is 52.0 Å². The van der Waals surface area contributed by atoms with Crippen LogP contribution < -0.4 is 5.56 Å². The molecule has 0 fully saturated rings. The predicted molar refractivity (Wildman–Crippen MR) is 94.7 cm³/mol. The zero-order chi connectivity index (χ0) is 16.7. The van der Waals surface area contributed by atoms with Gasteiger partial charge in [-0.25, -0.2) is 4.98 Å². The van der Waals surface area contributed by atoms with E-state index in [0.717, 1.165) is 10.4 Å². The summed E-state index contributed by atoms with van der Waals surface area (Å²) in [6.45, 7) is 2.16. The summed E-state index contributed by atoms with van der Waals surface area (Å²) in [7, 11) is 0. The molecule has 0 radical (unpaired) electrons. The molecule has 0 aliphatic heterocycles. The van der Waals surface area contributed by atoms with Gasteiger partial charge in [0.2, 0.25) is 0 Å². The Labute approximate surface area is 146 Å². The second kappa shape index (κ2) is 5.89. The monoisotopic (exact) mass is 357 g/mol. The molecule has 4 aromatic rings. The standard InChI is InChI=1S/C17H12ClN3O2S/c1-10-6-13(20-23-10)8-21-9-19-14-7-15(24-16(14)17(21)22)11-2-4-12(18)5-3-11/h2-7,9H,8H2,1H3. The van der Waals surface area contributed by atoms with Gasteiger partial charge in [-0.15, -0.1) is 11.3 Å². The van der Waals surface area contributed by atoms with E-state index < -0.39 is 0 Å². The molecular formula is C17H12ClN3O2S. The average molecular weight is 358 g/mol. The fourth-order valence-electron chi connectivity index (χ4n) is 2.48. The smallest absolute Gasteiger partial charge is 0.271 e. The van der Waals surface area contributed by atoms with E-state index >= 15 is 0 Å².